The molecule has 2 atom stereocenters. The van der Waals surface area contributed by atoms with Crippen molar-refractivity contribution in [3.63, 3.8) is 0 Å². The van der Waals surface area contributed by atoms with Crippen molar-refractivity contribution in [2.24, 2.45) is 0 Å². The van der Waals surface area contributed by atoms with E-state index in [9.17, 15) is 27.9 Å². The fourth-order valence-electron chi connectivity index (χ4n) is 8.53. The Labute approximate surface area is 395 Å². The Hall–Kier alpha value is -6.42. The number of carboxylic acids is 1. The molecule has 5 aromatic rings. The van der Waals surface area contributed by atoms with Gasteiger partial charge in [0.05, 0.1) is 28.1 Å². The third-order valence-electron chi connectivity index (χ3n) is 11.9. The first-order valence-electron chi connectivity index (χ1n) is 20.8. The van der Waals surface area contributed by atoms with Crippen molar-refractivity contribution >= 4 is 90.8 Å². The van der Waals surface area contributed by atoms with Gasteiger partial charge in [0.15, 0.2) is 0 Å². The number of likely N-dealkylation sites (N-methyl/N-ethyl adjacent to an activating group) is 1. The first-order chi connectivity index (χ1) is 31.7. The van der Waals surface area contributed by atoms with E-state index in [1.54, 1.807) is 30.3 Å². The normalized spacial score (nSPS) is 16.6. The van der Waals surface area contributed by atoms with Crippen LogP contribution in [0, 0.1) is 0 Å². The van der Waals surface area contributed by atoms with E-state index in [1.807, 2.05) is 127 Å². The van der Waals surface area contributed by atoms with Gasteiger partial charge in [-0.3, -0.25) is 14.5 Å². The second-order valence-electron chi connectivity index (χ2n) is 16.0. The van der Waals surface area contributed by atoms with E-state index < -0.39 is 33.3 Å². The summed E-state index contributed by atoms with van der Waals surface area (Å²) in [6.07, 6.45) is 0.0618. The summed E-state index contributed by atoms with van der Waals surface area (Å²) in [5, 5.41) is 15.1. The van der Waals surface area contributed by atoms with Crippen LogP contribution >= 0.6 is 35.0 Å². The number of amides is 2. The van der Waals surface area contributed by atoms with Crippen LogP contribution in [0.3, 0.4) is 0 Å². The predicted molar refractivity (Wildman–Crippen MR) is 260 cm³/mol. The number of benzene rings is 6. The van der Waals surface area contributed by atoms with E-state index >= 15 is 0 Å². The van der Waals surface area contributed by atoms with E-state index in [-0.39, 0.29) is 40.8 Å². The van der Waals surface area contributed by atoms with E-state index in [2.05, 4.69) is 5.32 Å². The smallest absolute Gasteiger partial charge is 0.352 e. The summed E-state index contributed by atoms with van der Waals surface area (Å²) < 4.78 is 39.6. The number of rotatable bonds is 12. The molecule has 16 heteroatoms. The Morgan fingerprint density at radius 2 is 1.56 bits per heavy atom. The lowest BCUT2D eigenvalue weighted by Crippen LogP contribution is -2.70. The van der Waals surface area contributed by atoms with Gasteiger partial charge in [-0.25, -0.2) is 13.2 Å². The van der Waals surface area contributed by atoms with Crippen molar-refractivity contribution in [3.05, 3.63) is 172 Å². The number of hydrogen-bond acceptors (Lipinski definition) is 8. The average Bonchev–Trinajstić information content (AvgIpc) is 3.32. The lowest BCUT2D eigenvalue weighted by Gasteiger charge is -2.49. The second kappa shape index (κ2) is 18.1. The van der Waals surface area contributed by atoms with Crippen LogP contribution < -0.4 is 20.1 Å². The Balaban J connectivity index is 1.10. The number of para-hydroxylation sites is 2. The quantitative estimate of drug-likeness (QED) is 0.0699. The number of fused-ring (bicyclic) bond motifs is 3. The highest BCUT2D eigenvalue weighted by atomic mass is 35.5. The van der Waals surface area contributed by atoms with Crippen molar-refractivity contribution in [2.45, 2.75) is 22.7 Å². The summed E-state index contributed by atoms with van der Waals surface area (Å²) in [6.45, 7) is -0.312. The summed E-state index contributed by atoms with van der Waals surface area (Å²) in [5.41, 5.74) is 5.17. The maximum absolute atomic E-state index is 14.9. The number of aliphatic carboxylic acids is 1. The van der Waals surface area contributed by atoms with E-state index in [0.717, 1.165) is 37.2 Å². The number of β-lactam (4-membered cyclic amide) rings is 1. The zero-order valence-electron chi connectivity index (χ0n) is 35.8. The molecule has 2 amide bonds. The highest BCUT2D eigenvalue weighted by Gasteiger charge is 2.54. The molecular weight excluding hydrogens is 918 g/mol. The molecule has 3 aliphatic heterocycles. The predicted octanol–water partition coefficient (Wildman–Crippen LogP) is 8.61. The van der Waals surface area contributed by atoms with Crippen LogP contribution in [0.2, 0.25) is 10.0 Å². The summed E-state index contributed by atoms with van der Waals surface area (Å²) in [7, 11) is 0.840. The molecule has 5 aromatic carbocycles. The second-order valence-corrected chi connectivity index (χ2v) is 19.9. The van der Waals surface area contributed by atoms with E-state index in [0.29, 0.717) is 43.5 Å². The number of hydrogen-bond donors (Lipinski definition) is 2. The van der Waals surface area contributed by atoms with Crippen molar-refractivity contribution in [1.29, 1.82) is 0 Å². The number of nitrogens with zero attached hydrogens (tertiary/aromatic N) is 4. The summed E-state index contributed by atoms with van der Waals surface area (Å²) >= 11 is 14.5. The Morgan fingerprint density at radius 1 is 0.864 bits per heavy atom. The molecule has 0 unspecified atom stereocenters. The van der Waals surface area contributed by atoms with Gasteiger partial charge in [0.1, 0.15) is 40.5 Å². The molecule has 2 N–H and O–H groups in total. The summed E-state index contributed by atoms with van der Waals surface area (Å²) in [4.78, 5) is 42.3. The largest absolute Gasteiger partial charge is 0.477 e. The third kappa shape index (κ3) is 8.24. The van der Waals surface area contributed by atoms with Crippen LogP contribution in [-0.4, -0.2) is 85.4 Å². The average molecular weight is 960 g/mol. The summed E-state index contributed by atoms with van der Waals surface area (Å²) in [5.74, 6) is -1.71. The molecule has 1 aliphatic carbocycles. The zero-order valence-corrected chi connectivity index (χ0v) is 39.0. The lowest BCUT2D eigenvalue weighted by molar-refractivity contribution is -0.150. The highest BCUT2D eigenvalue weighted by molar-refractivity contribution is 8.00. The number of carbonyl (C=O) groups is 3. The van der Waals surface area contributed by atoms with E-state index in [1.165, 1.54) is 24.9 Å². The maximum atomic E-state index is 14.9. The lowest BCUT2D eigenvalue weighted by atomic mass is 9.93. The number of anilines is 2. The number of nitrogens with one attached hydrogen (secondary N) is 1. The zero-order chi connectivity index (χ0) is 46.4. The number of carbonyl (C=O) groups excluding carboxylic acids is 2. The van der Waals surface area contributed by atoms with E-state index in [4.69, 9.17) is 27.6 Å². The fraction of sp³-hybridized carbons (Fsp3) is 0.160. The molecule has 0 aromatic heterocycles. The van der Waals surface area contributed by atoms with Gasteiger partial charge < -0.3 is 19.7 Å². The van der Waals surface area contributed by atoms with Crippen molar-refractivity contribution in [3.8, 4) is 22.5 Å². The minimum atomic E-state index is -4.35. The molecule has 1 saturated heterocycles. The van der Waals surface area contributed by atoms with Crippen molar-refractivity contribution in [2.75, 3.05) is 38.3 Å². The molecule has 0 saturated carbocycles. The van der Waals surface area contributed by atoms with Crippen LogP contribution in [0.5, 0.6) is 0 Å². The van der Waals surface area contributed by atoms with Gasteiger partial charge in [0.25, 0.3) is 5.91 Å². The molecule has 0 spiro atoms. The standard InChI is InChI=1S/C50H41Cl2N5O7S2/c1-54(28-31-29-65-49-46(48(59)57(49)47(31)50(60)61)53-44(58)25-30-13-5-4-6-14-30)66(62,63)43-20-12-7-15-36(43)45-34-23-21-32(55(2)39-18-10-8-16-37(39)51)26-41(34)64-42-27-33(22-24-35(42)45)56(3)40-19-11-9-17-38(40)52/h4-24,26-27,46,49H,25,28-29H2,1-3H3,(H-,53,58,60,61)/p+1/t46-,49-/m1/s1. The molecule has 3 heterocycles. The highest BCUT2D eigenvalue weighted by Crippen LogP contribution is 2.45. The number of sulfonamides is 1. The first kappa shape index (κ1) is 44.8. The van der Waals surface area contributed by atoms with Gasteiger partial charge in [0, 0.05) is 72.4 Å². The van der Waals surface area contributed by atoms with Gasteiger partial charge in [-0.15, -0.1) is 11.8 Å². The maximum Gasteiger partial charge on any atom is 0.352 e. The van der Waals surface area contributed by atoms with Crippen molar-refractivity contribution < 1.29 is 32.3 Å². The molecule has 1 fully saturated rings. The van der Waals surface area contributed by atoms with Gasteiger partial charge in [-0.05, 0) is 53.6 Å². The third-order valence-corrected chi connectivity index (χ3v) is 15.8. The van der Waals surface area contributed by atoms with Gasteiger partial charge >= 0.3 is 5.97 Å². The molecule has 4 aliphatic rings. The minimum absolute atomic E-state index is 0.0177. The van der Waals surface area contributed by atoms with Crippen LogP contribution in [-0.2, 0) is 30.8 Å². The van der Waals surface area contributed by atoms with Crippen molar-refractivity contribution in [1.82, 2.24) is 19.1 Å². The Bertz CT molecular complexity index is 3290. The first-order valence-corrected chi connectivity index (χ1v) is 24.1. The minimum Gasteiger partial charge on any atom is -0.477 e. The SMILES string of the molecule is CN(c1ccc2c(-c3ccccc3S(=O)(=O)N(C)CC3=C(C(=O)O)N4C(=O)[C@@H](NC(=O)Cc5ccccc5)[C@H]4SC3)c3ccc(=[N+](C)c4ccccc4Cl)cc-3oc2c1)c1ccccc1Cl. The Morgan fingerprint density at radius 3 is 2.30 bits per heavy atom. The molecular formula is C50H42Cl2N5O7S2+. The number of halogens is 2. The molecule has 0 radical (unpaired) electrons. The van der Waals surface area contributed by atoms with Gasteiger partial charge in [-0.2, -0.15) is 8.88 Å². The van der Waals surface area contributed by atoms with Gasteiger partial charge in [-0.1, -0.05) is 96.0 Å². The molecule has 9 rings (SSSR count). The van der Waals surface area contributed by atoms with Crippen LogP contribution in [0.1, 0.15) is 5.56 Å². The number of carboxylic acid groups (broad SMARTS) is 1. The molecule has 0 bridgehead atoms. The topological polar surface area (TPSA) is 143 Å². The monoisotopic (exact) mass is 958 g/mol. The Kier molecular flexibility index (Phi) is 12.3. The number of thioether (sulfide) groups is 1. The molecule has 334 valence electrons. The molecule has 12 nitrogen and oxygen atoms in total. The van der Waals surface area contributed by atoms with Crippen LogP contribution in [0.25, 0.3) is 33.4 Å². The van der Waals surface area contributed by atoms with Crippen LogP contribution in [0.4, 0.5) is 17.1 Å². The molecule has 66 heavy (non-hydrogen) atoms. The summed E-state index contributed by atoms with van der Waals surface area (Å²) in [6, 6.07) is 41.2. The van der Waals surface area contributed by atoms with Crippen LogP contribution in [0.15, 0.2) is 160 Å². The van der Waals surface area contributed by atoms with Gasteiger partial charge in [0.2, 0.25) is 27.0 Å². The fourth-order valence-corrected chi connectivity index (χ4v) is 11.8.